The van der Waals surface area contributed by atoms with Crippen LogP contribution >= 0.6 is 11.6 Å². The summed E-state index contributed by atoms with van der Waals surface area (Å²) in [5.41, 5.74) is 14.2. The van der Waals surface area contributed by atoms with Crippen LogP contribution in [0.2, 0.25) is 5.02 Å². The Morgan fingerprint density at radius 2 is 2.00 bits per heavy atom. The topological polar surface area (TPSA) is 83.4 Å². The largest absolute Gasteiger partial charge is 0.493 e. The van der Waals surface area contributed by atoms with E-state index in [9.17, 15) is 0 Å². The number of halogens is 1. The number of nitrogens with zero attached hydrogens (tertiary/aromatic N) is 1. The van der Waals surface area contributed by atoms with Gasteiger partial charge in [-0.1, -0.05) is 11.6 Å². The standard InChI is InChI=1S/C14H16ClN3O2/c1-19-12-6-8(5-10(15)14(12)20-2)13(17)9-7-18-4-3-11(9)16/h3-7,13H,17H2,1-2H3,(H2,16,18). The van der Waals surface area contributed by atoms with Crippen molar-refractivity contribution in [3.8, 4) is 11.5 Å². The van der Waals surface area contributed by atoms with E-state index in [0.717, 1.165) is 11.1 Å². The summed E-state index contributed by atoms with van der Waals surface area (Å²) in [7, 11) is 3.07. The zero-order valence-electron chi connectivity index (χ0n) is 11.3. The molecule has 2 aromatic rings. The Labute approximate surface area is 122 Å². The first-order valence-corrected chi connectivity index (χ1v) is 6.32. The summed E-state index contributed by atoms with van der Waals surface area (Å²) in [6.45, 7) is 0. The molecule has 0 radical (unpaired) electrons. The molecule has 0 aliphatic carbocycles. The second-order valence-corrected chi connectivity index (χ2v) is 4.63. The summed E-state index contributed by atoms with van der Waals surface area (Å²) in [6.07, 6.45) is 3.26. The SMILES string of the molecule is COc1cc(C(N)c2cnccc2N)cc(Cl)c1OC. The zero-order chi connectivity index (χ0) is 14.7. The van der Waals surface area contributed by atoms with Gasteiger partial charge in [0.25, 0.3) is 0 Å². The lowest BCUT2D eigenvalue weighted by molar-refractivity contribution is 0.354. The van der Waals surface area contributed by atoms with Crippen molar-refractivity contribution in [2.75, 3.05) is 20.0 Å². The number of pyridine rings is 1. The Morgan fingerprint density at radius 3 is 2.60 bits per heavy atom. The van der Waals surface area contributed by atoms with Gasteiger partial charge < -0.3 is 20.9 Å². The number of rotatable bonds is 4. The predicted octanol–water partition coefficient (Wildman–Crippen LogP) is 2.38. The number of hydrogen-bond acceptors (Lipinski definition) is 5. The Morgan fingerprint density at radius 1 is 1.25 bits per heavy atom. The van der Waals surface area contributed by atoms with Gasteiger partial charge in [0.1, 0.15) is 0 Å². The van der Waals surface area contributed by atoms with E-state index in [1.165, 1.54) is 7.11 Å². The molecule has 106 valence electrons. The van der Waals surface area contributed by atoms with Crippen molar-refractivity contribution in [3.05, 3.63) is 46.7 Å². The summed E-state index contributed by atoms with van der Waals surface area (Å²) in [6, 6.07) is 4.78. The molecule has 0 saturated carbocycles. The number of hydrogen-bond donors (Lipinski definition) is 2. The highest BCUT2D eigenvalue weighted by atomic mass is 35.5. The molecule has 0 spiro atoms. The fourth-order valence-electron chi connectivity index (χ4n) is 1.97. The highest BCUT2D eigenvalue weighted by Crippen LogP contribution is 2.38. The molecule has 6 heteroatoms. The van der Waals surface area contributed by atoms with E-state index >= 15 is 0 Å². The van der Waals surface area contributed by atoms with Crippen molar-refractivity contribution in [1.29, 1.82) is 0 Å². The quantitative estimate of drug-likeness (QED) is 0.904. The molecule has 0 aliphatic heterocycles. The van der Waals surface area contributed by atoms with Gasteiger partial charge in [-0.25, -0.2) is 0 Å². The van der Waals surface area contributed by atoms with E-state index in [1.807, 2.05) is 0 Å². The van der Waals surface area contributed by atoms with Crippen molar-refractivity contribution >= 4 is 17.3 Å². The van der Waals surface area contributed by atoms with E-state index in [2.05, 4.69) is 4.98 Å². The van der Waals surface area contributed by atoms with Crippen LogP contribution in [0, 0.1) is 0 Å². The predicted molar refractivity (Wildman–Crippen MR) is 79.2 cm³/mol. The van der Waals surface area contributed by atoms with Crippen molar-refractivity contribution in [2.45, 2.75) is 6.04 Å². The zero-order valence-corrected chi connectivity index (χ0v) is 12.0. The summed E-state index contributed by atoms with van der Waals surface area (Å²) >= 11 is 6.18. The first-order chi connectivity index (χ1) is 9.58. The molecule has 0 bridgehead atoms. The third kappa shape index (κ3) is 2.64. The first-order valence-electron chi connectivity index (χ1n) is 5.94. The fourth-order valence-corrected chi connectivity index (χ4v) is 2.27. The van der Waals surface area contributed by atoms with Gasteiger partial charge in [0.15, 0.2) is 11.5 Å². The maximum Gasteiger partial charge on any atom is 0.179 e. The van der Waals surface area contributed by atoms with E-state index in [4.69, 9.17) is 32.5 Å². The Bertz CT molecular complexity index is 619. The molecule has 1 aromatic heterocycles. The minimum absolute atomic E-state index is 0.430. The molecule has 1 atom stereocenters. The van der Waals surface area contributed by atoms with E-state index < -0.39 is 6.04 Å². The van der Waals surface area contributed by atoms with Gasteiger partial charge in [0.2, 0.25) is 0 Å². The van der Waals surface area contributed by atoms with Crippen LogP contribution in [0.1, 0.15) is 17.2 Å². The van der Waals surface area contributed by atoms with Crippen molar-refractivity contribution in [2.24, 2.45) is 5.73 Å². The molecule has 0 fully saturated rings. The van der Waals surface area contributed by atoms with Gasteiger partial charge in [-0.2, -0.15) is 0 Å². The molecule has 5 nitrogen and oxygen atoms in total. The van der Waals surface area contributed by atoms with Crippen LogP contribution in [0.3, 0.4) is 0 Å². The Kier molecular flexibility index (Phi) is 4.32. The molecule has 0 amide bonds. The number of ether oxygens (including phenoxy) is 2. The molecular formula is C14H16ClN3O2. The molecule has 0 saturated heterocycles. The number of benzene rings is 1. The third-order valence-electron chi connectivity index (χ3n) is 3.04. The van der Waals surface area contributed by atoms with Crippen molar-refractivity contribution in [3.63, 3.8) is 0 Å². The molecule has 1 unspecified atom stereocenters. The van der Waals surface area contributed by atoms with E-state index in [1.54, 1.807) is 37.7 Å². The maximum absolute atomic E-state index is 6.23. The summed E-state index contributed by atoms with van der Waals surface area (Å²) in [5, 5.41) is 0.430. The van der Waals surface area contributed by atoms with Crippen LogP contribution in [0.4, 0.5) is 5.69 Å². The van der Waals surface area contributed by atoms with Gasteiger partial charge in [-0.05, 0) is 23.8 Å². The molecule has 4 N–H and O–H groups in total. The maximum atomic E-state index is 6.23. The lowest BCUT2D eigenvalue weighted by Crippen LogP contribution is -2.14. The van der Waals surface area contributed by atoms with Crippen LogP contribution in [0.5, 0.6) is 11.5 Å². The fraction of sp³-hybridized carbons (Fsp3) is 0.214. The Balaban J connectivity index is 2.48. The van der Waals surface area contributed by atoms with Crippen molar-refractivity contribution < 1.29 is 9.47 Å². The van der Waals surface area contributed by atoms with Gasteiger partial charge in [0, 0.05) is 23.6 Å². The minimum Gasteiger partial charge on any atom is -0.493 e. The lowest BCUT2D eigenvalue weighted by Gasteiger charge is -2.17. The first kappa shape index (κ1) is 14.4. The number of anilines is 1. The smallest absolute Gasteiger partial charge is 0.179 e. The number of aromatic nitrogens is 1. The summed E-state index contributed by atoms with van der Waals surface area (Å²) in [5.74, 6) is 0.997. The normalized spacial score (nSPS) is 12.0. The molecule has 0 aliphatic rings. The van der Waals surface area contributed by atoms with Gasteiger partial charge >= 0.3 is 0 Å². The number of methoxy groups -OCH3 is 2. The van der Waals surface area contributed by atoms with Crippen LogP contribution < -0.4 is 20.9 Å². The Hall–Kier alpha value is -1.98. The van der Waals surface area contributed by atoms with E-state index in [0.29, 0.717) is 22.2 Å². The molecule has 1 aromatic carbocycles. The average Bonchev–Trinajstić information content (AvgIpc) is 2.46. The van der Waals surface area contributed by atoms with Crippen LogP contribution in [0.15, 0.2) is 30.6 Å². The third-order valence-corrected chi connectivity index (χ3v) is 3.32. The molecule has 20 heavy (non-hydrogen) atoms. The monoisotopic (exact) mass is 293 g/mol. The van der Waals surface area contributed by atoms with Gasteiger partial charge in [-0.15, -0.1) is 0 Å². The summed E-state index contributed by atoms with van der Waals surface area (Å²) in [4.78, 5) is 4.04. The van der Waals surface area contributed by atoms with E-state index in [-0.39, 0.29) is 0 Å². The van der Waals surface area contributed by atoms with Crippen LogP contribution in [-0.4, -0.2) is 19.2 Å². The molecular weight excluding hydrogens is 278 g/mol. The molecule has 1 heterocycles. The van der Waals surface area contributed by atoms with Gasteiger partial charge in [0.05, 0.1) is 25.3 Å². The van der Waals surface area contributed by atoms with Crippen molar-refractivity contribution in [1.82, 2.24) is 4.98 Å². The number of nitrogens with two attached hydrogens (primary N) is 2. The highest BCUT2D eigenvalue weighted by Gasteiger charge is 2.17. The molecule has 2 rings (SSSR count). The van der Waals surface area contributed by atoms with Crippen LogP contribution in [0.25, 0.3) is 0 Å². The van der Waals surface area contributed by atoms with Gasteiger partial charge in [-0.3, -0.25) is 4.98 Å². The number of nitrogen functional groups attached to an aromatic ring is 1. The van der Waals surface area contributed by atoms with Crippen LogP contribution in [-0.2, 0) is 0 Å². The minimum atomic E-state index is -0.444. The summed E-state index contributed by atoms with van der Waals surface area (Å²) < 4.78 is 10.5. The highest BCUT2D eigenvalue weighted by molar-refractivity contribution is 6.32. The second-order valence-electron chi connectivity index (χ2n) is 4.22. The second kappa shape index (κ2) is 5.98. The lowest BCUT2D eigenvalue weighted by atomic mass is 9.99. The average molecular weight is 294 g/mol.